The highest BCUT2D eigenvalue weighted by Gasteiger charge is 2.37. The van der Waals surface area contributed by atoms with Crippen LogP contribution in [0.4, 0.5) is 4.39 Å². The first-order valence-corrected chi connectivity index (χ1v) is 28.3. The Morgan fingerprint density at radius 1 is 0.833 bits per heavy atom. The van der Waals surface area contributed by atoms with E-state index >= 15 is 0 Å². The Balaban J connectivity index is 0.954. The molecule has 4 atom stereocenters. The van der Waals surface area contributed by atoms with Crippen LogP contribution in [0.3, 0.4) is 0 Å². The van der Waals surface area contributed by atoms with Gasteiger partial charge in [-0.2, -0.15) is 0 Å². The number of likely N-dealkylation sites (N-methyl/N-ethyl adjacent to an activating group) is 1. The predicted molar refractivity (Wildman–Crippen MR) is 302 cm³/mol. The number of rotatable bonds is 11. The van der Waals surface area contributed by atoms with Gasteiger partial charge in [-0.1, -0.05) is 59.6 Å². The molecule has 0 saturated carbocycles. The number of hydrogen-bond acceptors (Lipinski definition) is 15. The number of piperazine rings is 1. The summed E-state index contributed by atoms with van der Waals surface area (Å²) in [4.78, 5) is 42.2. The van der Waals surface area contributed by atoms with Crippen LogP contribution in [0.1, 0.15) is 48.7 Å². The van der Waals surface area contributed by atoms with Gasteiger partial charge in [-0.25, -0.2) is 29.1 Å². The van der Waals surface area contributed by atoms with Crippen molar-refractivity contribution < 1.29 is 37.6 Å². The fourth-order valence-electron chi connectivity index (χ4n) is 10.9. The molecule has 5 aliphatic heterocycles. The van der Waals surface area contributed by atoms with Gasteiger partial charge < -0.3 is 38.2 Å². The first-order valence-electron chi connectivity index (χ1n) is 26.7. The number of hydrogen-bond donors (Lipinski definition) is 0. The van der Waals surface area contributed by atoms with Crippen molar-refractivity contribution in [1.29, 1.82) is 0 Å². The van der Waals surface area contributed by atoms with Crippen LogP contribution in [0.15, 0.2) is 85.3 Å². The molecule has 0 radical (unpaired) electrons. The molecule has 0 spiro atoms. The lowest BCUT2D eigenvalue weighted by Crippen LogP contribution is -2.49. The maximum atomic E-state index is 14.7. The molecule has 12 rings (SSSR count). The molecule has 5 aliphatic rings. The third-order valence-corrected chi connectivity index (χ3v) is 17.1. The SMILES string of the molecule is Cc1c(Cl)c2c(Cl)c(C)c1-c1c(-c3ccc(F)cc3)sc3ncnc(c13)O[C@@H](C(=O)OC(C)(C)C)Cc1cc(ccc1OCc1ccnc(-c3ccc(CCN4CC5COCC5C4)cc3)n1)OC[C@@H](CN1CCN(C)CC1)O2. The molecule has 7 aromatic rings. The molecule has 4 aromatic carbocycles. The lowest BCUT2D eigenvalue weighted by atomic mass is 9.92. The zero-order valence-electron chi connectivity index (χ0n) is 44.8. The van der Waals surface area contributed by atoms with E-state index in [0.29, 0.717) is 95.2 Å². The van der Waals surface area contributed by atoms with E-state index in [4.69, 9.17) is 66.6 Å². The van der Waals surface area contributed by atoms with Gasteiger partial charge in [-0.05, 0) is 112 Å². The predicted octanol–water partition coefficient (Wildman–Crippen LogP) is 11.0. The topological polar surface area (TPSA) is 134 Å². The van der Waals surface area contributed by atoms with Gasteiger partial charge in [-0.15, -0.1) is 11.3 Å². The summed E-state index contributed by atoms with van der Waals surface area (Å²) in [7, 11) is 2.12. The van der Waals surface area contributed by atoms with E-state index < -0.39 is 23.8 Å². The normalized spacial score (nSPS) is 20.2. The van der Waals surface area contributed by atoms with Gasteiger partial charge in [0.2, 0.25) is 12.0 Å². The zero-order chi connectivity index (χ0) is 54.2. The van der Waals surface area contributed by atoms with E-state index in [0.717, 1.165) is 81.5 Å². The summed E-state index contributed by atoms with van der Waals surface area (Å²) in [6.45, 7) is 18.6. The molecule has 78 heavy (non-hydrogen) atoms. The van der Waals surface area contributed by atoms with Gasteiger partial charge in [0.1, 0.15) is 53.4 Å². The van der Waals surface area contributed by atoms with E-state index in [2.05, 4.69) is 51.0 Å². The molecule has 14 nitrogen and oxygen atoms in total. The Hall–Kier alpha value is -5.98. The van der Waals surface area contributed by atoms with Gasteiger partial charge in [0.05, 0.1) is 34.3 Å². The number of nitrogens with zero attached hydrogens (tertiary/aromatic N) is 7. The summed E-state index contributed by atoms with van der Waals surface area (Å²) >= 11 is 16.2. The number of halogens is 3. The van der Waals surface area contributed by atoms with Crippen molar-refractivity contribution in [3.63, 3.8) is 0 Å². The average molecular weight is 1120 g/mol. The van der Waals surface area contributed by atoms with Crippen molar-refractivity contribution in [2.75, 3.05) is 79.2 Å². The van der Waals surface area contributed by atoms with Crippen LogP contribution in [0, 0.1) is 31.5 Å². The van der Waals surface area contributed by atoms with Gasteiger partial charge >= 0.3 is 5.97 Å². The highest BCUT2D eigenvalue weighted by molar-refractivity contribution is 7.22. The minimum Gasteiger partial charge on any atom is -0.490 e. The number of aromatic nitrogens is 4. The van der Waals surface area contributed by atoms with Crippen molar-refractivity contribution in [3.05, 3.63) is 129 Å². The molecule has 0 aliphatic carbocycles. The standard InChI is InChI=1S/C60H64Cl2FN7O7S/c1-35-49-36(2)53(62)54(52(35)61)75-46(29-69-23-21-68(6)22-24-69)33-73-45-15-16-47(74-32-44-17-19-64-56(67-44)39-9-7-37(8-10-39)18-20-70-27-41-30-72-31-42(41)28-70)40(25-45)26-48(59(71)77-60(3,4)5)76-57-51-50(49)55(78-58(51)66-34-65-57)38-11-13-43(63)14-12-38/h7-17,19,25,34,41-42,46,48H,18,20-24,26-33H2,1-6H3/t41?,42?,46-,48-/m1/s1. The Morgan fingerprint density at radius 2 is 1.55 bits per heavy atom. The van der Waals surface area contributed by atoms with Crippen LogP contribution in [-0.2, 0) is 33.7 Å². The molecule has 2 unspecified atom stereocenters. The van der Waals surface area contributed by atoms with Crippen molar-refractivity contribution in [1.82, 2.24) is 34.6 Å². The second kappa shape index (κ2) is 23.0. The Bertz CT molecular complexity index is 3270. The van der Waals surface area contributed by atoms with Crippen LogP contribution in [0.5, 0.6) is 23.1 Å². The first-order chi connectivity index (χ1) is 37.6. The van der Waals surface area contributed by atoms with Gasteiger partial charge in [0.15, 0.2) is 11.6 Å². The molecule has 4 bridgehead atoms. The van der Waals surface area contributed by atoms with Gasteiger partial charge in [0.25, 0.3) is 0 Å². The second-order valence-corrected chi connectivity index (χ2v) is 23.7. The number of fused-ring (bicyclic) bond motifs is 8. The number of carbonyl (C=O) groups excluding carboxylic acids is 1. The monoisotopic (exact) mass is 1120 g/mol. The highest BCUT2D eigenvalue weighted by Crippen LogP contribution is 2.53. The molecule has 3 aromatic heterocycles. The van der Waals surface area contributed by atoms with E-state index in [1.807, 2.05) is 58.9 Å². The van der Waals surface area contributed by atoms with E-state index in [1.54, 1.807) is 18.3 Å². The van der Waals surface area contributed by atoms with Crippen molar-refractivity contribution in [2.45, 2.75) is 71.9 Å². The minimum atomic E-state index is -1.26. The third-order valence-electron chi connectivity index (χ3n) is 15.1. The molecular weight excluding hydrogens is 1050 g/mol. The van der Waals surface area contributed by atoms with Crippen LogP contribution >= 0.6 is 34.5 Å². The maximum absolute atomic E-state index is 14.7. The fourth-order valence-corrected chi connectivity index (χ4v) is 12.6. The van der Waals surface area contributed by atoms with E-state index in [1.165, 1.54) is 35.4 Å². The number of carbonyl (C=O) groups is 1. The summed E-state index contributed by atoms with van der Waals surface area (Å²) in [6, 6.07) is 22.1. The molecule has 0 N–H and O–H groups in total. The summed E-state index contributed by atoms with van der Waals surface area (Å²) in [5.74, 6) is 2.37. The molecule has 3 fully saturated rings. The van der Waals surface area contributed by atoms with Crippen molar-refractivity contribution in [3.8, 4) is 56.1 Å². The number of thiophene rings is 1. The molecule has 8 heterocycles. The highest BCUT2D eigenvalue weighted by atomic mass is 35.5. The third kappa shape index (κ3) is 12.0. The Kier molecular flexibility index (Phi) is 15.9. The number of ether oxygens (including phenoxy) is 6. The Morgan fingerprint density at radius 3 is 2.27 bits per heavy atom. The van der Waals surface area contributed by atoms with Crippen LogP contribution in [0.2, 0.25) is 10.0 Å². The summed E-state index contributed by atoms with van der Waals surface area (Å²) < 4.78 is 53.5. The number of likely N-dealkylation sites (tertiary alicyclic amines) is 1. The molecule has 408 valence electrons. The summed E-state index contributed by atoms with van der Waals surface area (Å²) in [5.41, 5.74) is 6.01. The van der Waals surface area contributed by atoms with Crippen molar-refractivity contribution in [2.24, 2.45) is 11.8 Å². The minimum absolute atomic E-state index is 0.0167. The zero-order valence-corrected chi connectivity index (χ0v) is 47.2. The van der Waals surface area contributed by atoms with E-state index in [9.17, 15) is 9.18 Å². The quantitative estimate of drug-likeness (QED) is 0.114. The van der Waals surface area contributed by atoms with E-state index in [-0.39, 0.29) is 31.3 Å². The smallest absolute Gasteiger partial charge is 0.348 e. The summed E-state index contributed by atoms with van der Waals surface area (Å²) in [5, 5.41) is 1.16. The average Bonchev–Trinajstić information content (AvgIpc) is 4.36. The summed E-state index contributed by atoms with van der Waals surface area (Å²) in [6.07, 6.45) is 2.32. The van der Waals surface area contributed by atoms with Gasteiger partial charge in [-0.3, -0.25) is 4.90 Å². The molecule has 3 saturated heterocycles. The fraction of sp³-hybridized carbons (Fsp3) is 0.417. The maximum Gasteiger partial charge on any atom is 0.348 e. The largest absolute Gasteiger partial charge is 0.490 e. The first kappa shape index (κ1) is 54.0. The lowest BCUT2D eigenvalue weighted by Gasteiger charge is -2.35. The van der Waals surface area contributed by atoms with Crippen LogP contribution < -0.4 is 18.9 Å². The van der Waals surface area contributed by atoms with Crippen LogP contribution in [0.25, 0.3) is 43.2 Å². The molecule has 18 heteroatoms. The lowest BCUT2D eigenvalue weighted by molar-refractivity contribution is -0.163. The molecular formula is C60H64Cl2FN7O7S. The number of benzene rings is 4. The van der Waals surface area contributed by atoms with Crippen LogP contribution in [-0.4, -0.2) is 138 Å². The number of esters is 1. The Labute approximate surface area is 468 Å². The second-order valence-electron chi connectivity index (χ2n) is 21.9. The molecule has 0 amide bonds. The van der Waals surface area contributed by atoms with Gasteiger partial charge in [0, 0.05) is 98.4 Å². The van der Waals surface area contributed by atoms with Crippen molar-refractivity contribution >= 4 is 50.7 Å².